The van der Waals surface area contributed by atoms with Crippen molar-refractivity contribution in [3.8, 4) is 0 Å². The summed E-state index contributed by atoms with van der Waals surface area (Å²) in [7, 11) is 0. The molecule has 0 aromatic carbocycles. The van der Waals surface area contributed by atoms with Crippen LogP contribution in [0, 0.1) is 0 Å². The third kappa shape index (κ3) is 3.65. The summed E-state index contributed by atoms with van der Waals surface area (Å²) in [5.74, 6) is 0. The molecule has 1 N–H and O–H groups in total. The number of nitrogens with zero attached hydrogens (tertiary/aromatic N) is 1. The maximum atomic E-state index is 9.35. The average Bonchev–Trinajstić information content (AvgIpc) is 2.08. The SMILES string of the molecule is CCCC1CCCCN1C[C@H](C)O. The molecular weight excluding hydrogens is 162 g/mol. The number of aliphatic hydroxyl groups excluding tert-OH is 1. The summed E-state index contributed by atoms with van der Waals surface area (Å²) in [4.78, 5) is 2.47. The van der Waals surface area contributed by atoms with Gasteiger partial charge in [0.15, 0.2) is 0 Å². The second kappa shape index (κ2) is 5.61. The summed E-state index contributed by atoms with van der Waals surface area (Å²) < 4.78 is 0. The van der Waals surface area contributed by atoms with E-state index in [0.29, 0.717) is 0 Å². The Balaban J connectivity index is 2.36. The smallest absolute Gasteiger partial charge is 0.0639 e. The minimum absolute atomic E-state index is 0.169. The molecule has 1 fully saturated rings. The molecule has 1 unspecified atom stereocenters. The van der Waals surface area contributed by atoms with Crippen LogP contribution in [-0.4, -0.2) is 35.2 Å². The molecule has 2 heteroatoms. The Kier molecular flexibility index (Phi) is 4.74. The quantitative estimate of drug-likeness (QED) is 0.724. The Labute approximate surface area is 81.9 Å². The van der Waals surface area contributed by atoms with Crippen molar-refractivity contribution in [1.82, 2.24) is 4.90 Å². The molecule has 13 heavy (non-hydrogen) atoms. The molecule has 2 nitrogen and oxygen atoms in total. The highest BCUT2D eigenvalue weighted by Crippen LogP contribution is 2.20. The fourth-order valence-electron chi connectivity index (χ4n) is 2.30. The molecule has 1 heterocycles. The number of likely N-dealkylation sites (tertiary alicyclic amines) is 1. The van der Waals surface area contributed by atoms with E-state index in [4.69, 9.17) is 0 Å². The van der Waals surface area contributed by atoms with Crippen LogP contribution in [0.15, 0.2) is 0 Å². The number of hydrogen-bond acceptors (Lipinski definition) is 2. The van der Waals surface area contributed by atoms with Crippen molar-refractivity contribution < 1.29 is 5.11 Å². The van der Waals surface area contributed by atoms with Gasteiger partial charge in [0.05, 0.1) is 6.10 Å². The van der Waals surface area contributed by atoms with Crippen molar-refractivity contribution in [3.05, 3.63) is 0 Å². The lowest BCUT2D eigenvalue weighted by Crippen LogP contribution is -2.43. The molecule has 1 aliphatic heterocycles. The summed E-state index contributed by atoms with van der Waals surface area (Å²) in [6, 6.07) is 0.744. The lowest BCUT2D eigenvalue weighted by Gasteiger charge is -2.36. The molecule has 1 aliphatic rings. The number of β-amino-alcohol motifs (C(OH)–C–C–N with tert-alkyl or cyclic N) is 1. The Morgan fingerprint density at radius 1 is 1.46 bits per heavy atom. The Hall–Kier alpha value is -0.0800. The Morgan fingerprint density at radius 2 is 2.23 bits per heavy atom. The van der Waals surface area contributed by atoms with E-state index in [1.165, 1.54) is 38.6 Å². The van der Waals surface area contributed by atoms with Gasteiger partial charge in [-0.25, -0.2) is 0 Å². The van der Waals surface area contributed by atoms with E-state index in [2.05, 4.69) is 11.8 Å². The van der Waals surface area contributed by atoms with E-state index in [9.17, 15) is 5.11 Å². The molecule has 0 aliphatic carbocycles. The van der Waals surface area contributed by atoms with Crippen LogP contribution in [-0.2, 0) is 0 Å². The van der Waals surface area contributed by atoms with Crippen LogP contribution in [0.2, 0.25) is 0 Å². The van der Waals surface area contributed by atoms with Gasteiger partial charge in [-0.05, 0) is 32.7 Å². The van der Waals surface area contributed by atoms with E-state index in [1.807, 2.05) is 6.92 Å². The van der Waals surface area contributed by atoms with Crippen molar-refractivity contribution in [2.75, 3.05) is 13.1 Å². The summed E-state index contributed by atoms with van der Waals surface area (Å²) in [6.45, 7) is 6.19. The third-order valence-electron chi connectivity index (χ3n) is 2.87. The van der Waals surface area contributed by atoms with Gasteiger partial charge in [-0.15, -0.1) is 0 Å². The molecule has 0 amide bonds. The number of rotatable bonds is 4. The standard InChI is InChI=1S/C11H23NO/c1-3-6-11-7-4-5-8-12(11)9-10(2)13/h10-11,13H,3-9H2,1-2H3/t10-,11?/m0/s1. The van der Waals surface area contributed by atoms with Crippen molar-refractivity contribution in [1.29, 1.82) is 0 Å². The molecule has 2 atom stereocenters. The van der Waals surface area contributed by atoms with Gasteiger partial charge >= 0.3 is 0 Å². The van der Waals surface area contributed by atoms with Crippen LogP contribution in [0.5, 0.6) is 0 Å². The molecule has 0 radical (unpaired) electrons. The van der Waals surface area contributed by atoms with E-state index >= 15 is 0 Å². The zero-order valence-electron chi connectivity index (χ0n) is 9.00. The fraction of sp³-hybridized carbons (Fsp3) is 1.00. The van der Waals surface area contributed by atoms with Crippen molar-refractivity contribution in [3.63, 3.8) is 0 Å². The van der Waals surface area contributed by atoms with Crippen molar-refractivity contribution in [2.45, 2.75) is 58.1 Å². The second-order valence-electron chi connectivity index (χ2n) is 4.28. The monoisotopic (exact) mass is 185 g/mol. The Bertz CT molecular complexity index is 134. The van der Waals surface area contributed by atoms with Gasteiger partial charge in [0.2, 0.25) is 0 Å². The Morgan fingerprint density at radius 3 is 2.85 bits per heavy atom. The second-order valence-corrected chi connectivity index (χ2v) is 4.28. The van der Waals surface area contributed by atoms with Crippen LogP contribution in [0.1, 0.15) is 46.0 Å². The highest BCUT2D eigenvalue weighted by atomic mass is 16.3. The number of hydrogen-bond donors (Lipinski definition) is 1. The average molecular weight is 185 g/mol. The first-order valence-electron chi connectivity index (χ1n) is 5.66. The van der Waals surface area contributed by atoms with Gasteiger partial charge in [-0.2, -0.15) is 0 Å². The first-order valence-corrected chi connectivity index (χ1v) is 5.66. The topological polar surface area (TPSA) is 23.5 Å². The minimum atomic E-state index is -0.169. The largest absolute Gasteiger partial charge is 0.392 e. The van der Waals surface area contributed by atoms with Gasteiger partial charge in [0.25, 0.3) is 0 Å². The van der Waals surface area contributed by atoms with Crippen LogP contribution in [0.4, 0.5) is 0 Å². The maximum absolute atomic E-state index is 9.35. The van der Waals surface area contributed by atoms with Crippen LogP contribution >= 0.6 is 0 Å². The van der Waals surface area contributed by atoms with E-state index in [-0.39, 0.29) is 6.10 Å². The van der Waals surface area contributed by atoms with Gasteiger partial charge < -0.3 is 5.11 Å². The molecule has 78 valence electrons. The molecule has 0 spiro atoms. The molecule has 0 bridgehead atoms. The van der Waals surface area contributed by atoms with Crippen LogP contribution in [0.25, 0.3) is 0 Å². The zero-order valence-corrected chi connectivity index (χ0v) is 9.00. The molecule has 1 saturated heterocycles. The summed E-state index contributed by atoms with van der Waals surface area (Å²) in [6.07, 6.45) is 6.42. The zero-order chi connectivity index (χ0) is 9.68. The van der Waals surface area contributed by atoms with Crippen LogP contribution < -0.4 is 0 Å². The van der Waals surface area contributed by atoms with E-state index in [0.717, 1.165) is 12.6 Å². The highest BCUT2D eigenvalue weighted by molar-refractivity contribution is 4.77. The van der Waals surface area contributed by atoms with E-state index < -0.39 is 0 Å². The van der Waals surface area contributed by atoms with Gasteiger partial charge in [-0.1, -0.05) is 19.8 Å². The van der Waals surface area contributed by atoms with Gasteiger partial charge in [0.1, 0.15) is 0 Å². The van der Waals surface area contributed by atoms with Gasteiger partial charge in [0, 0.05) is 12.6 Å². The number of piperidine rings is 1. The molecule has 1 rings (SSSR count). The fourth-order valence-corrected chi connectivity index (χ4v) is 2.30. The predicted molar refractivity (Wildman–Crippen MR) is 55.8 cm³/mol. The maximum Gasteiger partial charge on any atom is 0.0639 e. The lowest BCUT2D eigenvalue weighted by atomic mass is 9.98. The van der Waals surface area contributed by atoms with Crippen molar-refractivity contribution >= 4 is 0 Å². The summed E-state index contributed by atoms with van der Waals surface area (Å²) >= 11 is 0. The van der Waals surface area contributed by atoms with Crippen LogP contribution in [0.3, 0.4) is 0 Å². The van der Waals surface area contributed by atoms with Gasteiger partial charge in [-0.3, -0.25) is 4.90 Å². The van der Waals surface area contributed by atoms with E-state index in [1.54, 1.807) is 0 Å². The number of aliphatic hydroxyl groups is 1. The highest BCUT2D eigenvalue weighted by Gasteiger charge is 2.21. The third-order valence-corrected chi connectivity index (χ3v) is 2.87. The normalized spacial score (nSPS) is 27.5. The predicted octanol–water partition coefficient (Wildman–Crippen LogP) is 2.02. The van der Waals surface area contributed by atoms with Crippen molar-refractivity contribution in [2.24, 2.45) is 0 Å². The lowest BCUT2D eigenvalue weighted by molar-refractivity contribution is 0.0726. The summed E-state index contributed by atoms with van der Waals surface area (Å²) in [5, 5.41) is 9.35. The first-order chi connectivity index (χ1) is 6.24. The minimum Gasteiger partial charge on any atom is -0.392 e. The molecule has 0 saturated carbocycles. The molecular formula is C11H23NO. The summed E-state index contributed by atoms with van der Waals surface area (Å²) in [5.41, 5.74) is 0. The first kappa shape index (κ1) is 11.0. The molecule has 0 aromatic rings. The molecule has 0 aromatic heterocycles.